The van der Waals surface area contributed by atoms with Crippen LogP contribution in [0.5, 0.6) is 0 Å². The fourth-order valence-corrected chi connectivity index (χ4v) is 4.01. The average molecular weight is 255 g/mol. The summed E-state index contributed by atoms with van der Waals surface area (Å²) in [6.45, 7) is 2.26. The first-order valence-corrected chi connectivity index (χ1v) is 7.19. The summed E-state index contributed by atoms with van der Waals surface area (Å²) in [5.41, 5.74) is 0.922. The highest BCUT2D eigenvalue weighted by molar-refractivity contribution is 7.89. The number of hydrogen-bond donors (Lipinski definition) is 1. The molecule has 1 aliphatic heterocycles. The zero-order valence-electron chi connectivity index (χ0n) is 9.83. The quantitative estimate of drug-likeness (QED) is 0.881. The van der Waals surface area contributed by atoms with Crippen molar-refractivity contribution < 1.29 is 13.5 Å². The molecular weight excluding hydrogens is 238 g/mol. The molecule has 1 N–H and O–H groups in total. The summed E-state index contributed by atoms with van der Waals surface area (Å²) in [6, 6.07) is 6.62. The Morgan fingerprint density at radius 3 is 2.88 bits per heavy atom. The van der Waals surface area contributed by atoms with Gasteiger partial charge in [0, 0.05) is 12.6 Å². The van der Waals surface area contributed by atoms with E-state index in [1.54, 1.807) is 18.2 Å². The molecule has 17 heavy (non-hydrogen) atoms. The van der Waals surface area contributed by atoms with E-state index in [1.165, 1.54) is 4.31 Å². The summed E-state index contributed by atoms with van der Waals surface area (Å²) >= 11 is 0. The second kappa shape index (κ2) is 4.76. The van der Waals surface area contributed by atoms with E-state index in [1.807, 2.05) is 13.0 Å². The smallest absolute Gasteiger partial charge is 0.243 e. The fourth-order valence-electron chi connectivity index (χ4n) is 2.22. The van der Waals surface area contributed by atoms with Gasteiger partial charge in [-0.3, -0.25) is 0 Å². The van der Waals surface area contributed by atoms with Gasteiger partial charge in [-0.15, -0.1) is 0 Å². The molecule has 1 saturated heterocycles. The lowest BCUT2D eigenvalue weighted by Crippen LogP contribution is -2.37. The van der Waals surface area contributed by atoms with Crippen LogP contribution < -0.4 is 0 Å². The van der Waals surface area contributed by atoms with E-state index < -0.39 is 10.0 Å². The topological polar surface area (TPSA) is 57.6 Å². The Bertz CT molecular complexity index is 498. The Hall–Kier alpha value is -0.910. The first-order valence-electron chi connectivity index (χ1n) is 5.75. The van der Waals surface area contributed by atoms with Crippen LogP contribution in [0.15, 0.2) is 29.2 Å². The van der Waals surface area contributed by atoms with E-state index in [4.69, 9.17) is 0 Å². The second-order valence-corrected chi connectivity index (χ2v) is 6.30. The van der Waals surface area contributed by atoms with Crippen LogP contribution >= 0.6 is 0 Å². The summed E-state index contributed by atoms with van der Waals surface area (Å²) in [4.78, 5) is 0.317. The Morgan fingerprint density at radius 2 is 2.24 bits per heavy atom. The molecule has 0 bridgehead atoms. The Labute approximate surface area is 102 Å². The van der Waals surface area contributed by atoms with E-state index in [0.29, 0.717) is 11.4 Å². The molecule has 1 aliphatic rings. The predicted octanol–water partition coefficient (Wildman–Crippen LogP) is 1.14. The molecule has 0 spiro atoms. The van der Waals surface area contributed by atoms with Crippen molar-refractivity contribution in [1.29, 1.82) is 0 Å². The zero-order valence-corrected chi connectivity index (χ0v) is 10.7. The van der Waals surface area contributed by atoms with Crippen molar-refractivity contribution in [2.75, 3.05) is 13.2 Å². The van der Waals surface area contributed by atoms with Crippen LogP contribution in [0.1, 0.15) is 18.4 Å². The van der Waals surface area contributed by atoms with Gasteiger partial charge in [-0.25, -0.2) is 8.42 Å². The molecule has 0 aliphatic carbocycles. The summed E-state index contributed by atoms with van der Waals surface area (Å²) in [7, 11) is -3.45. The molecule has 1 atom stereocenters. The molecule has 0 amide bonds. The number of nitrogens with zero attached hydrogens (tertiary/aromatic N) is 1. The van der Waals surface area contributed by atoms with Gasteiger partial charge in [-0.05, 0) is 37.5 Å². The van der Waals surface area contributed by atoms with Gasteiger partial charge in [0.15, 0.2) is 0 Å². The summed E-state index contributed by atoms with van der Waals surface area (Å²) in [5, 5.41) is 9.20. The molecule has 5 heteroatoms. The largest absolute Gasteiger partial charge is 0.395 e. The van der Waals surface area contributed by atoms with Crippen molar-refractivity contribution in [1.82, 2.24) is 4.31 Å². The van der Waals surface area contributed by atoms with Gasteiger partial charge < -0.3 is 5.11 Å². The molecule has 4 nitrogen and oxygen atoms in total. The number of rotatable bonds is 3. The maximum atomic E-state index is 12.4. The van der Waals surface area contributed by atoms with Gasteiger partial charge in [0.2, 0.25) is 10.0 Å². The number of aryl methyl sites for hydroxylation is 1. The van der Waals surface area contributed by atoms with E-state index in [-0.39, 0.29) is 12.6 Å². The van der Waals surface area contributed by atoms with Gasteiger partial charge in [-0.2, -0.15) is 4.31 Å². The van der Waals surface area contributed by atoms with Gasteiger partial charge in [-0.1, -0.05) is 12.1 Å². The third kappa shape index (κ3) is 2.36. The minimum atomic E-state index is -3.45. The highest BCUT2D eigenvalue weighted by Gasteiger charge is 2.34. The number of aliphatic hydroxyl groups is 1. The first-order chi connectivity index (χ1) is 8.05. The van der Waals surface area contributed by atoms with Crippen LogP contribution in [-0.2, 0) is 10.0 Å². The number of aliphatic hydroxyl groups excluding tert-OH is 1. The van der Waals surface area contributed by atoms with E-state index >= 15 is 0 Å². The summed E-state index contributed by atoms with van der Waals surface area (Å²) in [5.74, 6) is 0. The molecular formula is C12H17NO3S. The molecule has 0 aromatic heterocycles. The molecule has 1 heterocycles. The lowest BCUT2D eigenvalue weighted by atomic mass is 10.2. The van der Waals surface area contributed by atoms with Crippen LogP contribution in [0.3, 0.4) is 0 Å². The van der Waals surface area contributed by atoms with Crippen molar-refractivity contribution in [3.63, 3.8) is 0 Å². The van der Waals surface area contributed by atoms with Crippen molar-refractivity contribution in [2.24, 2.45) is 0 Å². The summed E-state index contributed by atoms with van der Waals surface area (Å²) in [6.07, 6.45) is 1.55. The first kappa shape index (κ1) is 12.5. The van der Waals surface area contributed by atoms with Gasteiger partial charge in [0.1, 0.15) is 0 Å². The lowest BCUT2D eigenvalue weighted by molar-refractivity contribution is 0.213. The Kier molecular flexibility index (Phi) is 3.51. The van der Waals surface area contributed by atoms with Crippen LogP contribution in [0.2, 0.25) is 0 Å². The third-order valence-corrected chi connectivity index (χ3v) is 5.08. The highest BCUT2D eigenvalue weighted by atomic mass is 32.2. The highest BCUT2D eigenvalue weighted by Crippen LogP contribution is 2.25. The van der Waals surface area contributed by atoms with Crippen LogP contribution in [0.25, 0.3) is 0 Å². The molecule has 0 radical (unpaired) electrons. The minimum absolute atomic E-state index is 0.106. The van der Waals surface area contributed by atoms with Crippen molar-refractivity contribution in [2.45, 2.75) is 30.7 Å². The van der Waals surface area contributed by atoms with Crippen molar-refractivity contribution in [3.05, 3.63) is 29.8 Å². The lowest BCUT2D eigenvalue weighted by Gasteiger charge is -2.22. The zero-order chi connectivity index (χ0) is 12.5. The van der Waals surface area contributed by atoms with Crippen molar-refractivity contribution in [3.8, 4) is 0 Å². The molecule has 1 aromatic rings. The number of hydrogen-bond acceptors (Lipinski definition) is 3. The predicted molar refractivity (Wildman–Crippen MR) is 65.2 cm³/mol. The fraction of sp³-hybridized carbons (Fsp3) is 0.500. The van der Waals surface area contributed by atoms with Crippen LogP contribution in [0.4, 0.5) is 0 Å². The maximum absolute atomic E-state index is 12.4. The standard InChI is InChI=1S/C12H17NO3S/c1-10-4-2-6-12(8-10)17(15,16)13-7-3-5-11(13)9-14/h2,4,6,8,11,14H,3,5,7,9H2,1H3/t11-/m0/s1. The van der Waals surface area contributed by atoms with Gasteiger partial charge in [0.05, 0.1) is 11.5 Å². The molecule has 0 saturated carbocycles. The second-order valence-electron chi connectivity index (χ2n) is 4.41. The third-order valence-electron chi connectivity index (χ3n) is 3.13. The van der Waals surface area contributed by atoms with E-state index in [2.05, 4.69) is 0 Å². The summed E-state index contributed by atoms with van der Waals surface area (Å²) < 4.78 is 26.2. The SMILES string of the molecule is Cc1cccc(S(=O)(=O)N2CCC[C@H]2CO)c1. The van der Waals surface area contributed by atoms with Crippen LogP contribution in [0, 0.1) is 6.92 Å². The Balaban J connectivity index is 2.36. The van der Waals surface area contributed by atoms with Gasteiger partial charge in [0.25, 0.3) is 0 Å². The number of benzene rings is 1. The molecule has 1 aromatic carbocycles. The molecule has 94 valence electrons. The monoisotopic (exact) mass is 255 g/mol. The minimum Gasteiger partial charge on any atom is -0.395 e. The van der Waals surface area contributed by atoms with Gasteiger partial charge >= 0.3 is 0 Å². The van der Waals surface area contributed by atoms with Crippen LogP contribution in [-0.4, -0.2) is 37.0 Å². The van der Waals surface area contributed by atoms with E-state index in [0.717, 1.165) is 18.4 Å². The molecule has 1 fully saturated rings. The normalized spacial score (nSPS) is 21.9. The average Bonchev–Trinajstić information content (AvgIpc) is 2.77. The molecule has 2 rings (SSSR count). The molecule has 0 unspecified atom stereocenters. The number of sulfonamides is 1. The maximum Gasteiger partial charge on any atom is 0.243 e. The van der Waals surface area contributed by atoms with Crippen molar-refractivity contribution >= 4 is 10.0 Å². The van der Waals surface area contributed by atoms with E-state index in [9.17, 15) is 13.5 Å². The Morgan fingerprint density at radius 1 is 1.47 bits per heavy atom.